The van der Waals surface area contributed by atoms with Gasteiger partial charge in [-0.15, -0.1) is 11.3 Å². The first kappa shape index (κ1) is 15.3. The number of carbonyl (C=O) groups excluding carboxylic acids is 2. The van der Waals surface area contributed by atoms with Crippen molar-refractivity contribution in [2.24, 2.45) is 0 Å². The number of thiophene rings is 1. The molecular formula is C16H18N2O2S. The van der Waals surface area contributed by atoms with Crippen LogP contribution in [-0.2, 0) is 4.79 Å². The van der Waals surface area contributed by atoms with Crippen molar-refractivity contribution >= 4 is 28.8 Å². The SMILES string of the molecule is CC(C)c1ccc(NC(=O)CNC(=O)c2cccs2)cc1. The topological polar surface area (TPSA) is 58.2 Å². The Bertz CT molecular complexity index is 604. The van der Waals surface area contributed by atoms with Crippen molar-refractivity contribution in [1.29, 1.82) is 0 Å². The summed E-state index contributed by atoms with van der Waals surface area (Å²) in [4.78, 5) is 24.1. The zero-order valence-corrected chi connectivity index (χ0v) is 12.9. The normalized spacial score (nSPS) is 10.4. The predicted molar refractivity (Wildman–Crippen MR) is 85.8 cm³/mol. The minimum Gasteiger partial charge on any atom is -0.342 e. The second-order valence-electron chi connectivity index (χ2n) is 4.98. The minimum absolute atomic E-state index is 0.0390. The highest BCUT2D eigenvalue weighted by Gasteiger charge is 2.09. The number of rotatable bonds is 5. The molecule has 0 radical (unpaired) electrons. The van der Waals surface area contributed by atoms with E-state index in [0.29, 0.717) is 10.8 Å². The van der Waals surface area contributed by atoms with Gasteiger partial charge in [0, 0.05) is 5.69 Å². The van der Waals surface area contributed by atoms with E-state index in [4.69, 9.17) is 0 Å². The molecule has 2 N–H and O–H groups in total. The molecule has 0 atom stereocenters. The van der Waals surface area contributed by atoms with E-state index < -0.39 is 0 Å². The average molecular weight is 302 g/mol. The Kier molecular flexibility index (Phi) is 5.11. The molecule has 1 aromatic heterocycles. The molecule has 0 spiro atoms. The van der Waals surface area contributed by atoms with Gasteiger partial charge >= 0.3 is 0 Å². The third-order valence-corrected chi connectivity index (χ3v) is 3.88. The van der Waals surface area contributed by atoms with Crippen LogP contribution in [0.3, 0.4) is 0 Å². The molecule has 0 aliphatic rings. The fraction of sp³-hybridized carbons (Fsp3) is 0.250. The Morgan fingerprint density at radius 2 is 1.86 bits per heavy atom. The van der Waals surface area contributed by atoms with Gasteiger partial charge in [0.15, 0.2) is 0 Å². The number of benzene rings is 1. The largest absolute Gasteiger partial charge is 0.342 e. The van der Waals surface area contributed by atoms with E-state index in [1.165, 1.54) is 16.9 Å². The zero-order valence-electron chi connectivity index (χ0n) is 12.1. The Hall–Kier alpha value is -2.14. The number of nitrogens with one attached hydrogen (secondary N) is 2. The molecule has 0 aliphatic carbocycles. The molecule has 0 saturated carbocycles. The lowest BCUT2D eigenvalue weighted by Gasteiger charge is -2.09. The smallest absolute Gasteiger partial charge is 0.261 e. The van der Waals surface area contributed by atoms with Crippen molar-refractivity contribution in [2.45, 2.75) is 19.8 Å². The molecule has 1 aromatic carbocycles. The molecule has 0 aliphatic heterocycles. The number of amides is 2. The van der Waals surface area contributed by atoms with Gasteiger partial charge in [-0.3, -0.25) is 9.59 Å². The molecule has 5 heteroatoms. The van der Waals surface area contributed by atoms with Gasteiger partial charge in [-0.05, 0) is 35.1 Å². The zero-order chi connectivity index (χ0) is 15.2. The highest BCUT2D eigenvalue weighted by Crippen LogP contribution is 2.17. The lowest BCUT2D eigenvalue weighted by Crippen LogP contribution is -2.32. The van der Waals surface area contributed by atoms with Crippen LogP contribution in [0.5, 0.6) is 0 Å². The highest BCUT2D eigenvalue weighted by molar-refractivity contribution is 7.12. The van der Waals surface area contributed by atoms with Crippen LogP contribution in [0.2, 0.25) is 0 Å². The molecule has 0 saturated heterocycles. The maximum Gasteiger partial charge on any atom is 0.261 e. The Morgan fingerprint density at radius 3 is 2.43 bits per heavy atom. The van der Waals surface area contributed by atoms with Gasteiger partial charge in [0.2, 0.25) is 5.91 Å². The van der Waals surface area contributed by atoms with Gasteiger partial charge in [0.25, 0.3) is 5.91 Å². The van der Waals surface area contributed by atoms with Crippen molar-refractivity contribution in [3.63, 3.8) is 0 Å². The summed E-state index contributed by atoms with van der Waals surface area (Å²) in [7, 11) is 0. The number of hydrogen-bond donors (Lipinski definition) is 2. The van der Waals surface area contributed by atoms with E-state index >= 15 is 0 Å². The maximum absolute atomic E-state index is 11.8. The Morgan fingerprint density at radius 1 is 1.14 bits per heavy atom. The summed E-state index contributed by atoms with van der Waals surface area (Å²) in [5.74, 6) is -0.00709. The molecule has 1 heterocycles. The highest BCUT2D eigenvalue weighted by atomic mass is 32.1. The summed E-state index contributed by atoms with van der Waals surface area (Å²) in [5.41, 5.74) is 1.95. The summed E-state index contributed by atoms with van der Waals surface area (Å²) >= 11 is 1.35. The van der Waals surface area contributed by atoms with Crippen LogP contribution in [-0.4, -0.2) is 18.4 Å². The summed E-state index contributed by atoms with van der Waals surface area (Å²) in [5, 5.41) is 7.18. The van der Waals surface area contributed by atoms with E-state index in [9.17, 15) is 9.59 Å². The van der Waals surface area contributed by atoms with Gasteiger partial charge in [-0.1, -0.05) is 32.0 Å². The van der Waals surface area contributed by atoms with Crippen molar-refractivity contribution < 1.29 is 9.59 Å². The monoisotopic (exact) mass is 302 g/mol. The summed E-state index contributed by atoms with van der Waals surface area (Å²) in [6.07, 6.45) is 0. The summed E-state index contributed by atoms with van der Waals surface area (Å²) in [6.45, 7) is 4.20. The van der Waals surface area contributed by atoms with E-state index in [2.05, 4.69) is 24.5 Å². The number of hydrogen-bond acceptors (Lipinski definition) is 3. The first-order chi connectivity index (χ1) is 10.1. The van der Waals surface area contributed by atoms with Crippen molar-refractivity contribution in [1.82, 2.24) is 5.32 Å². The summed E-state index contributed by atoms with van der Waals surface area (Å²) < 4.78 is 0. The average Bonchev–Trinajstić information content (AvgIpc) is 2.99. The predicted octanol–water partition coefficient (Wildman–Crippen LogP) is 3.24. The lowest BCUT2D eigenvalue weighted by molar-refractivity contribution is -0.115. The lowest BCUT2D eigenvalue weighted by atomic mass is 10.0. The van der Waals surface area contributed by atoms with Crippen LogP contribution in [0.4, 0.5) is 5.69 Å². The first-order valence-electron chi connectivity index (χ1n) is 6.78. The number of anilines is 1. The molecule has 4 nitrogen and oxygen atoms in total. The van der Waals surface area contributed by atoms with E-state index in [1.54, 1.807) is 12.1 Å². The third kappa shape index (κ3) is 4.43. The van der Waals surface area contributed by atoms with E-state index in [0.717, 1.165) is 5.69 Å². The minimum atomic E-state index is -0.239. The molecule has 110 valence electrons. The van der Waals surface area contributed by atoms with Crippen molar-refractivity contribution in [2.75, 3.05) is 11.9 Å². The van der Waals surface area contributed by atoms with Crippen molar-refractivity contribution in [3.8, 4) is 0 Å². The van der Waals surface area contributed by atoms with Gasteiger partial charge in [-0.2, -0.15) is 0 Å². The van der Waals surface area contributed by atoms with Gasteiger partial charge in [-0.25, -0.2) is 0 Å². The van der Waals surface area contributed by atoms with E-state index in [1.807, 2.05) is 29.6 Å². The van der Waals surface area contributed by atoms with Gasteiger partial charge in [0.1, 0.15) is 0 Å². The van der Waals surface area contributed by atoms with Crippen LogP contribution < -0.4 is 10.6 Å². The van der Waals surface area contributed by atoms with Crippen LogP contribution in [0.1, 0.15) is 35.0 Å². The maximum atomic E-state index is 11.8. The molecule has 0 fully saturated rings. The van der Waals surface area contributed by atoms with Crippen LogP contribution in [0.25, 0.3) is 0 Å². The first-order valence-corrected chi connectivity index (χ1v) is 7.65. The quantitative estimate of drug-likeness (QED) is 0.891. The standard InChI is InChI=1S/C16H18N2O2S/c1-11(2)12-5-7-13(8-6-12)18-15(19)10-17-16(20)14-4-3-9-21-14/h3-9,11H,10H2,1-2H3,(H,17,20)(H,18,19). The second kappa shape index (κ2) is 7.04. The third-order valence-electron chi connectivity index (χ3n) is 3.02. The summed E-state index contributed by atoms with van der Waals surface area (Å²) in [6, 6.07) is 11.2. The molecular weight excluding hydrogens is 284 g/mol. The fourth-order valence-corrected chi connectivity index (χ4v) is 2.45. The fourth-order valence-electron chi connectivity index (χ4n) is 1.81. The Labute approximate surface area is 128 Å². The van der Waals surface area contributed by atoms with Crippen LogP contribution in [0, 0.1) is 0 Å². The number of carbonyl (C=O) groups is 2. The van der Waals surface area contributed by atoms with Gasteiger partial charge < -0.3 is 10.6 Å². The molecule has 21 heavy (non-hydrogen) atoms. The van der Waals surface area contributed by atoms with Crippen LogP contribution >= 0.6 is 11.3 Å². The van der Waals surface area contributed by atoms with Crippen molar-refractivity contribution in [3.05, 3.63) is 52.2 Å². The van der Waals surface area contributed by atoms with Gasteiger partial charge in [0.05, 0.1) is 11.4 Å². The molecule has 2 rings (SSSR count). The molecule has 0 bridgehead atoms. The Balaban J connectivity index is 1.83. The molecule has 0 unspecified atom stereocenters. The molecule has 2 amide bonds. The van der Waals surface area contributed by atoms with E-state index in [-0.39, 0.29) is 18.4 Å². The molecule has 2 aromatic rings. The van der Waals surface area contributed by atoms with Crippen LogP contribution in [0.15, 0.2) is 41.8 Å². The second-order valence-corrected chi connectivity index (χ2v) is 5.93.